The fourth-order valence-corrected chi connectivity index (χ4v) is 1.40. The highest BCUT2D eigenvalue weighted by Gasteiger charge is 2.30. The van der Waals surface area contributed by atoms with Gasteiger partial charge in [0.05, 0.1) is 0 Å². The predicted octanol–water partition coefficient (Wildman–Crippen LogP) is -0.517. The predicted molar refractivity (Wildman–Crippen MR) is 39.6 cm³/mol. The van der Waals surface area contributed by atoms with Crippen LogP contribution in [0.2, 0.25) is 2.82 Å². The second-order valence-corrected chi connectivity index (χ2v) is 2.71. The summed E-state index contributed by atoms with van der Waals surface area (Å²) < 4.78 is 13.6. The van der Waals surface area contributed by atoms with Crippen molar-refractivity contribution in [3.05, 3.63) is 0 Å². The van der Waals surface area contributed by atoms with E-state index in [2.05, 4.69) is 0 Å². The molecular weight excluding hydrogens is 144 g/mol. The Balaban J connectivity index is 2.68. The number of amides is 2. The zero-order chi connectivity index (χ0) is 10.0. The van der Waals surface area contributed by atoms with Gasteiger partial charge in [0, 0.05) is 13.5 Å². The summed E-state index contributed by atoms with van der Waals surface area (Å²) in [5.74, 6) is -0.801. The van der Waals surface area contributed by atoms with Crippen LogP contribution >= 0.6 is 0 Å². The van der Waals surface area contributed by atoms with Gasteiger partial charge in [-0.15, -0.1) is 0 Å². The highest BCUT2D eigenvalue weighted by atomic mass is 16.2. The van der Waals surface area contributed by atoms with E-state index in [0.717, 1.165) is 6.42 Å². The first-order chi connectivity index (χ1) is 6.04. The van der Waals surface area contributed by atoms with Crippen LogP contribution in [0.1, 0.15) is 19.8 Å². The molecule has 0 aromatic carbocycles. The number of likely N-dealkylation sites (tertiary alicyclic amines) is 1. The lowest BCUT2D eigenvalue weighted by molar-refractivity contribution is -0.135. The lowest BCUT2D eigenvalue weighted by Crippen LogP contribution is -2.42. The number of carbonyl (C=O) groups is 2. The third-order valence-corrected chi connectivity index (χ3v) is 1.94. The second kappa shape index (κ2) is 2.90. The SMILES string of the molecule is [2H]N([2H])C(=O)[C@@H]1CCCN1C(C)=O. The first kappa shape index (κ1) is 5.57. The summed E-state index contributed by atoms with van der Waals surface area (Å²) in [6.45, 7) is 1.95. The lowest BCUT2D eigenvalue weighted by Gasteiger charge is -2.19. The van der Waals surface area contributed by atoms with Crippen molar-refractivity contribution >= 4 is 11.8 Å². The Bertz CT molecular complexity index is 233. The molecule has 1 saturated heterocycles. The minimum atomic E-state index is -0.632. The standard InChI is InChI=1S/C7H12N2O2/c1-5(10)9-4-2-3-6(9)7(8)11/h6H,2-4H2,1H3,(H2,8,11)/t6-/m0/s1/i/hD2. The normalized spacial score (nSPS) is 25.9. The summed E-state index contributed by atoms with van der Waals surface area (Å²) in [5.41, 5.74) is 0.0475. The Morgan fingerprint density at radius 2 is 2.45 bits per heavy atom. The van der Waals surface area contributed by atoms with Crippen LogP contribution in [0, 0.1) is 0 Å². The summed E-state index contributed by atoms with van der Waals surface area (Å²) in [6.07, 6.45) is 1.33. The monoisotopic (exact) mass is 158 g/mol. The number of nitrogens with two attached hydrogens (primary N) is 1. The summed E-state index contributed by atoms with van der Waals surface area (Å²) in [7, 11) is 0. The van der Waals surface area contributed by atoms with E-state index in [1.807, 2.05) is 0 Å². The molecule has 0 saturated carbocycles. The van der Waals surface area contributed by atoms with Crippen molar-refractivity contribution in [2.45, 2.75) is 25.8 Å². The molecule has 1 fully saturated rings. The van der Waals surface area contributed by atoms with Crippen molar-refractivity contribution in [3.63, 3.8) is 0 Å². The summed E-state index contributed by atoms with van der Waals surface area (Å²) in [5, 5.41) is 0. The number of rotatable bonds is 1. The van der Waals surface area contributed by atoms with E-state index in [4.69, 9.17) is 2.82 Å². The maximum absolute atomic E-state index is 11.2. The summed E-state index contributed by atoms with van der Waals surface area (Å²) in [4.78, 5) is 23.6. The van der Waals surface area contributed by atoms with Crippen LogP contribution in [0.15, 0.2) is 0 Å². The highest BCUT2D eigenvalue weighted by molar-refractivity contribution is 5.86. The van der Waals surface area contributed by atoms with Crippen LogP contribution < -0.4 is 5.72 Å². The third kappa shape index (κ3) is 1.50. The molecule has 1 heterocycles. The minimum absolute atomic E-state index is 0.0475. The number of primary amides is 1. The molecule has 0 spiro atoms. The van der Waals surface area contributed by atoms with Gasteiger partial charge in [0.1, 0.15) is 6.04 Å². The Labute approximate surface area is 68.3 Å². The average molecular weight is 158 g/mol. The molecule has 1 aliphatic rings. The van der Waals surface area contributed by atoms with Gasteiger partial charge in [0.15, 0.2) is 2.82 Å². The molecule has 0 aromatic heterocycles. The van der Waals surface area contributed by atoms with Gasteiger partial charge in [-0.3, -0.25) is 9.59 Å². The van der Waals surface area contributed by atoms with Crippen LogP contribution in [-0.4, -0.2) is 29.3 Å². The van der Waals surface area contributed by atoms with E-state index in [9.17, 15) is 9.59 Å². The number of carbonyl (C=O) groups excluding carboxylic acids is 2. The van der Waals surface area contributed by atoms with Crippen LogP contribution in [0.4, 0.5) is 0 Å². The minimum Gasteiger partial charge on any atom is -0.368 e. The van der Waals surface area contributed by atoms with E-state index in [-0.39, 0.29) is 11.6 Å². The zero-order valence-corrected chi connectivity index (χ0v) is 6.41. The van der Waals surface area contributed by atoms with E-state index < -0.39 is 11.9 Å². The van der Waals surface area contributed by atoms with Gasteiger partial charge in [0.25, 0.3) is 0 Å². The Kier molecular flexibility index (Phi) is 1.47. The first-order valence-corrected chi connectivity index (χ1v) is 3.63. The summed E-state index contributed by atoms with van der Waals surface area (Å²) in [6, 6.07) is -0.590. The molecule has 11 heavy (non-hydrogen) atoms. The largest absolute Gasteiger partial charge is 0.368 e. The maximum atomic E-state index is 11.2. The fraction of sp³-hybridized carbons (Fsp3) is 0.714. The van der Waals surface area contributed by atoms with Crippen molar-refractivity contribution < 1.29 is 12.4 Å². The molecule has 0 aliphatic carbocycles. The quantitative estimate of drug-likeness (QED) is 0.558. The van der Waals surface area contributed by atoms with E-state index >= 15 is 0 Å². The van der Waals surface area contributed by atoms with Gasteiger partial charge in [0.2, 0.25) is 11.8 Å². The van der Waals surface area contributed by atoms with Gasteiger partial charge in [-0.25, -0.2) is 0 Å². The van der Waals surface area contributed by atoms with Crippen LogP contribution in [0.25, 0.3) is 0 Å². The molecule has 1 aliphatic heterocycles. The highest BCUT2D eigenvalue weighted by Crippen LogP contribution is 2.16. The molecule has 0 radical (unpaired) electrons. The Hall–Kier alpha value is -1.06. The molecule has 1 rings (SSSR count). The van der Waals surface area contributed by atoms with Gasteiger partial charge < -0.3 is 10.6 Å². The smallest absolute Gasteiger partial charge is 0.240 e. The number of hydrogen-bond donors (Lipinski definition) is 1. The van der Waals surface area contributed by atoms with Crippen molar-refractivity contribution in [1.82, 2.24) is 4.90 Å². The van der Waals surface area contributed by atoms with Gasteiger partial charge in [-0.2, -0.15) is 0 Å². The zero-order valence-electron chi connectivity index (χ0n) is 8.41. The van der Waals surface area contributed by atoms with Crippen molar-refractivity contribution in [2.24, 2.45) is 5.72 Å². The fourth-order valence-electron chi connectivity index (χ4n) is 1.40. The Morgan fingerprint density at radius 1 is 1.73 bits per heavy atom. The molecule has 0 aromatic rings. The second-order valence-electron chi connectivity index (χ2n) is 2.71. The van der Waals surface area contributed by atoms with Crippen LogP contribution in [0.5, 0.6) is 0 Å². The average Bonchev–Trinajstić information content (AvgIpc) is 2.50. The van der Waals surface area contributed by atoms with Crippen molar-refractivity contribution in [3.8, 4) is 0 Å². The van der Waals surface area contributed by atoms with Crippen molar-refractivity contribution in [1.29, 1.82) is 0 Å². The topological polar surface area (TPSA) is 63.4 Å². The summed E-state index contributed by atoms with van der Waals surface area (Å²) >= 11 is 0. The van der Waals surface area contributed by atoms with Gasteiger partial charge in [-0.05, 0) is 12.8 Å². The molecule has 2 amide bonds. The molecule has 4 nitrogen and oxygen atoms in total. The van der Waals surface area contributed by atoms with E-state index in [1.165, 1.54) is 11.8 Å². The molecular formula is C7H12N2O2. The molecule has 1 atom stereocenters. The Morgan fingerprint density at radius 3 is 3.00 bits per heavy atom. The maximum Gasteiger partial charge on any atom is 0.240 e. The van der Waals surface area contributed by atoms with Gasteiger partial charge >= 0.3 is 0 Å². The van der Waals surface area contributed by atoms with Crippen LogP contribution in [-0.2, 0) is 9.59 Å². The molecule has 2 N–H and O–H groups in total. The lowest BCUT2D eigenvalue weighted by atomic mass is 10.2. The molecule has 0 unspecified atom stereocenters. The molecule has 62 valence electrons. The van der Waals surface area contributed by atoms with Crippen LogP contribution in [0.3, 0.4) is 0 Å². The molecule has 0 bridgehead atoms. The van der Waals surface area contributed by atoms with E-state index in [0.29, 0.717) is 13.0 Å². The number of nitrogens with zero attached hydrogens (tertiary/aromatic N) is 1. The van der Waals surface area contributed by atoms with E-state index in [1.54, 1.807) is 0 Å². The number of hydrogen-bond acceptors (Lipinski definition) is 2. The molecule has 4 heteroatoms. The third-order valence-electron chi connectivity index (χ3n) is 1.94. The van der Waals surface area contributed by atoms with Gasteiger partial charge in [-0.1, -0.05) is 0 Å². The first-order valence-electron chi connectivity index (χ1n) is 4.52. The van der Waals surface area contributed by atoms with Crippen molar-refractivity contribution in [2.75, 3.05) is 6.54 Å².